The first kappa shape index (κ1) is 15.8. The molecule has 2 aromatic carbocycles. The van der Waals surface area contributed by atoms with E-state index < -0.39 is 5.97 Å². The highest BCUT2D eigenvalue weighted by atomic mass is 16.5. The van der Waals surface area contributed by atoms with Crippen molar-refractivity contribution >= 4 is 11.8 Å². The van der Waals surface area contributed by atoms with E-state index in [1.54, 1.807) is 42.5 Å². The van der Waals surface area contributed by atoms with Crippen LogP contribution in [0, 0.1) is 0 Å². The number of hydrogen-bond acceptors (Lipinski definition) is 5. The van der Waals surface area contributed by atoms with Crippen LogP contribution in [0.1, 0.15) is 34.6 Å². The van der Waals surface area contributed by atoms with E-state index in [0.717, 1.165) is 5.57 Å². The number of Topliss-reactive ketones (excluding diaryl/α,β-unsaturated/α-hetero) is 1. The van der Waals surface area contributed by atoms with Crippen molar-refractivity contribution in [2.75, 3.05) is 7.11 Å². The van der Waals surface area contributed by atoms with Crippen molar-refractivity contribution < 1.29 is 23.8 Å². The van der Waals surface area contributed by atoms with Gasteiger partial charge in [0.1, 0.15) is 17.2 Å². The molecule has 0 fully saturated rings. The molecule has 0 aromatic heterocycles. The molecule has 0 atom stereocenters. The van der Waals surface area contributed by atoms with Gasteiger partial charge in [0.25, 0.3) is 0 Å². The first-order valence-corrected chi connectivity index (χ1v) is 7.40. The van der Waals surface area contributed by atoms with Crippen molar-refractivity contribution in [2.24, 2.45) is 0 Å². The highest BCUT2D eigenvalue weighted by Crippen LogP contribution is 2.35. The standard InChI is InChI=1S/C19H16O5/c1-11(2)18-17(20)15-8-7-14(10-16(15)24-18)23-19(21)12-5-4-6-13(9-12)22-3/h4-10H,1-3H3. The third kappa shape index (κ3) is 2.88. The number of hydrogen-bond donors (Lipinski definition) is 0. The van der Waals surface area contributed by atoms with Crippen LogP contribution in [0.3, 0.4) is 0 Å². The molecule has 0 unspecified atom stereocenters. The molecule has 0 saturated heterocycles. The molecule has 0 bridgehead atoms. The number of fused-ring (bicyclic) bond motifs is 1. The van der Waals surface area contributed by atoms with Crippen molar-refractivity contribution in [3.05, 3.63) is 64.9 Å². The lowest BCUT2D eigenvalue weighted by atomic mass is 10.1. The van der Waals surface area contributed by atoms with Crippen LogP contribution in [0.4, 0.5) is 0 Å². The van der Waals surface area contributed by atoms with E-state index in [0.29, 0.717) is 34.1 Å². The number of ketones is 1. The molecule has 0 spiro atoms. The highest BCUT2D eigenvalue weighted by Gasteiger charge is 2.28. The second-order valence-electron chi connectivity index (χ2n) is 5.54. The van der Waals surface area contributed by atoms with E-state index in [1.165, 1.54) is 7.11 Å². The van der Waals surface area contributed by atoms with Crippen molar-refractivity contribution in [3.8, 4) is 17.2 Å². The first-order chi connectivity index (χ1) is 11.5. The van der Waals surface area contributed by atoms with Crippen LogP contribution in [0.2, 0.25) is 0 Å². The van der Waals surface area contributed by atoms with Gasteiger partial charge < -0.3 is 14.2 Å². The Morgan fingerprint density at radius 2 is 1.83 bits per heavy atom. The summed E-state index contributed by atoms with van der Waals surface area (Å²) in [5.74, 6) is 0.926. The monoisotopic (exact) mass is 324 g/mol. The molecule has 1 heterocycles. The van der Waals surface area contributed by atoms with Gasteiger partial charge in [-0.05, 0) is 49.8 Å². The fraction of sp³-hybridized carbons (Fsp3) is 0.158. The number of ether oxygens (including phenoxy) is 3. The summed E-state index contributed by atoms with van der Waals surface area (Å²) in [5, 5.41) is 0. The van der Waals surface area contributed by atoms with E-state index in [2.05, 4.69) is 0 Å². The van der Waals surface area contributed by atoms with Gasteiger partial charge in [0, 0.05) is 6.07 Å². The molecule has 3 rings (SSSR count). The van der Waals surface area contributed by atoms with Gasteiger partial charge in [-0.1, -0.05) is 6.07 Å². The third-order valence-electron chi connectivity index (χ3n) is 3.59. The van der Waals surface area contributed by atoms with Gasteiger partial charge in [-0.2, -0.15) is 0 Å². The summed E-state index contributed by atoms with van der Waals surface area (Å²) < 4.78 is 16.0. The topological polar surface area (TPSA) is 61.8 Å². The maximum Gasteiger partial charge on any atom is 0.343 e. The zero-order chi connectivity index (χ0) is 17.3. The lowest BCUT2D eigenvalue weighted by Crippen LogP contribution is -2.08. The van der Waals surface area contributed by atoms with Gasteiger partial charge in [-0.15, -0.1) is 0 Å². The van der Waals surface area contributed by atoms with Crippen molar-refractivity contribution in [3.63, 3.8) is 0 Å². The number of methoxy groups -OCH3 is 1. The molecule has 0 amide bonds. The molecule has 1 aliphatic rings. The number of carbonyl (C=O) groups excluding carboxylic acids is 2. The first-order valence-electron chi connectivity index (χ1n) is 7.40. The van der Waals surface area contributed by atoms with Gasteiger partial charge in [-0.25, -0.2) is 4.79 Å². The summed E-state index contributed by atoms with van der Waals surface area (Å²) in [6, 6.07) is 11.4. The van der Waals surface area contributed by atoms with E-state index in [-0.39, 0.29) is 5.78 Å². The molecule has 122 valence electrons. The summed E-state index contributed by atoms with van der Waals surface area (Å²) in [7, 11) is 1.53. The average molecular weight is 324 g/mol. The van der Waals surface area contributed by atoms with Gasteiger partial charge in [0.05, 0.1) is 18.2 Å². The van der Waals surface area contributed by atoms with Gasteiger partial charge in [0.15, 0.2) is 5.76 Å². The molecule has 5 nitrogen and oxygen atoms in total. The summed E-state index contributed by atoms with van der Waals surface area (Å²) in [6.07, 6.45) is 0. The largest absolute Gasteiger partial charge is 0.497 e. The average Bonchev–Trinajstić information content (AvgIpc) is 2.91. The van der Waals surface area contributed by atoms with Crippen LogP contribution in [0.5, 0.6) is 17.2 Å². The Morgan fingerprint density at radius 1 is 1.04 bits per heavy atom. The molecule has 24 heavy (non-hydrogen) atoms. The SMILES string of the molecule is COc1cccc(C(=O)Oc2ccc3c(c2)OC(=C(C)C)C3=O)c1. The van der Waals surface area contributed by atoms with Gasteiger partial charge in [0.2, 0.25) is 5.78 Å². The Bertz CT molecular complexity index is 860. The van der Waals surface area contributed by atoms with Crippen molar-refractivity contribution in [1.82, 2.24) is 0 Å². The van der Waals surface area contributed by atoms with E-state index in [1.807, 2.05) is 13.8 Å². The normalized spacial score (nSPS) is 12.5. The zero-order valence-electron chi connectivity index (χ0n) is 13.6. The molecule has 1 aliphatic heterocycles. The van der Waals surface area contributed by atoms with Crippen LogP contribution >= 0.6 is 0 Å². The molecular weight excluding hydrogens is 308 g/mol. The summed E-state index contributed by atoms with van der Waals surface area (Å²) in [4.78, 5) is 24.4. The minimum Gasteiger partial charge on any atom is -0.497 e. The van der Waals surface area contributed by atoms with E-state index in [9.17, 15) is 9.59 Å². The van der Waals surface area contributed by atoms with Crippen LogP contribution in [0.25, 0.3) is 0 Å². The van der Waals surface area contributed by atoms with Gasteiger partial charge >= 0.3 is 5.97 Å². The Balaban J connectivity index is 1.83. The van der Waals surface area contributed by atoms with Crippen LogP contribution in [-0.2, 0) is 0 Å². The van der Waals surface area contributed by atoms with E-state index >= 15 is 0 Å². The maximum absolute atomic E-state index is 12.2. The number of benzene rings is 2. The molecule has 0 radical (unpaired) electrons. The van der Waals surface area contributed by atoms with Crippen LogP contribution in [-0.4, -0.2) is 18.9 Å². The maximum atomic E-state index is 12.2. The summed E-state index contributed by atoms with van der Waals surface area (Å²) >= 11 is 0. The predicted molar refractivity (Wildman–Crippen MR) is 87.7 cm³/mol. The zero-order valence-corrected chi connectivity index (χ0v) is 13.6. The van der Waals surface area contributed by atoms with E-state index in [4.69, 9.17) is 14.2 Å². The number of esters is 1. The quantitative estimate of drug-likeness (QED) is 0.488. The second-order valence-corrected chi connectivity index (χ2v) is 5.54. The Morgan fingerprint density at radius 3 is 2.54 bits per heavy atom. The summed E-state index contributed by atoms with van der Waals surface area (Å²) in [5.41, 5.74) is 1.63. The molecular formula is C19H16O5. The number of allylic oxidation sites excluding steroid dienone is 2. The molecule has 0 N–H and O–H groups in total. The summed E-state index contributed by atoms with van der Waals surface area (Å²) in [6.45, 7) is 3.62. The van der Waals surface area contributed by atoms with Gasteiger partial charge in [-0.3, -0.25) is 4.79 Å². The van der Waals surface area contributed by atoms with Crippen LogP contribution < -0.4 is 14.2 Å². The Labute approximate surface area is 139 Å². The third-order valence-corrected chi connectivity index (χ3v) is 3.59. The minimum atomic E-state index is -0.513. The highest BCUT2D eigenvalue weighted by molar-refractivity contribution is 6.12. The smallest absolute Gasteiger partial charge is 0.343 e. The Hall–Kier alpha value is -3.08. The lowest BCUT2D eigenvalue weighted by molar-refractivity contribution is 0.0734. The fourth-order valence-corrected chi connectivity index (χ4v) is 2.36. The van der Waals surface area contributed by atoms with Crippen LogP contribution in [0.15, 0.2) is 53.8 Å². The van der Waals surface area contributed by atoms with Crippen molar-refractivity contribution in [1.29, 1.82) is 0 Å². The molecule has 5 heteroatoms. The number of carbonyl (C=O) groups is 2. The predicted octanol–water partition coefficient (Wildman–Crippen LogP) is 3.78. The molecule has 2 aromatic rings. The minimum absolute atomic E-state index is 0.157. The Kier molecular flexibility index (Phi) is 4.08. The van der Waals surface area contributed by atoms with Crippen molar-refractivity contribution in [2.45, 2.75) is 13.8 Å². The fourth-order valence-electron chi connectivity index (χ4n) is 2.36. The molecule has 0 saturated carbocycles. The lowest BCUT2D eigenvalue weighted by Gasteiger charge is -2.07. The number of rotatable bonds is 3. The molecule has 0 aliphatic carbocycles. The second kappa shape index (κ2) is 6.20.